The number of carbonyl (C=O) groups is 2. The highest BCUT2D eigenvalue weighted by Gasteiger charge is 2.37. The number of Topliss-reactive ketones (excluding diaryl/α,β-unsaturated/α-hetero) is 1. The third-order valence-electron chi connectivity index (χ3n) is 3.44. The highest BCUT2D eigenvalue weighted by molar-refractivity contribution is 9.10. The Morgan fingerprint density at radius 2 is 2.05 bits per heavy atom. The Bertz CT molecular complexity index is 717. The predicted molar refractivity (Wildman–Crippen MR) is 75.6 cm³/mol. The van der Waals surface area contributed by atoms with Crippen LogP contribution < -0.4 is 4.90 Å². The standard InChI is InChI=1S/C14H11BrN2O3/c1-7-10(8(2)20-16-7)6-17-12-9(13(18)14(17)19)4-3-5-11(12)15/h3-5H,6H2,1-2H3. The number of rotatable bonds is 2. The number of hydrogen-bond acceptors (Lipinski definition) is 4. The van der Waals surface area contributed by atoms with Crippen LogP contribution >= 0.6 is 15.9 Å². The van der Waals surface area contributed by atoms with Gasteiger partial charge in [0.05, 0.1) is 23.5 Å². The highest BCUT2D eigenvalue weighted by Crippen LogP contribution is 2.37. The van der Waals surface area contributed by atoms with Gasteiger partial charge in [0.15, 0.2) is 0 Å². The van der Waals surface area contributed by atoms with Crippen LogP contribution in [0.1, 0.15) is 27.4 Å². The van der Waals surface area contributed by atoms with E-state index in [0.29, 0.717) is 17.0 Å². The molecule has 3 rings (SSSR count). The first-order valence-corrected chi connectivity index (χ1v) is 6.86. The lowest BCUT2D eigenvalue weighted by molar-refractivity contribution is -0.114. The number of halogens is 1. The van der Waals surface area contributed by atoms with E-state index in [-0.39, 0.29) is 6.54 Å². The summed E-state index contributed by atoms with van der Waals surface area (Å²) >= 11 is 3.40. The zero-order valence-corrected chi connectivity index (χ0v) is 12.5. The van der Waals surface area contributed by atoms with E-state index in [2.05, 4.69) is 21.1 Å². The molecule has 1 aliphatic heterocycles. The van der Waals surface area contributed by atoms with Crippen molar-refractivity contribution in [1.82, 2.24) is 5.16 Å². The molecule has 0 unspecified atom stereocenters. The molecular formula is C14H11BrN2O3. The molecule has 0 bridgehead atoms. The van der Waals surface area contributed by atoms with Crippen LogP contribution in [0.3, 0.4) is 0 Å². The molecule has 6 heteroatoms. The van der Waals surface area contributed by atoms with Gasteiger partial charge in [0, 0.05) is 10.0 Å². The average Bonchev–Trinajstić information content (AvgIpc) is 2.86. The fourth-order valence-electron chi connectivity index (χ4n) is 2.35. The molecule has 102 valence electrons. The molecular weight excluding hydrogens is 324 g/mol. The first kappa shape index (κ1) is 13.1. The maximum Gasteiger partial charge on any atom is 0.299 e. The largest absolute Gasteiger partial charge is 0.361 e. The summed E-state index contributed by atoms with van der Waals surface area (Å²) in [5.74, 6) is -0.344. The van der Waals surface area contributed by atoms with Crippen molar-refractivity contribution in [2.24, 2.45) is 0 Å². The van der Waals surface area contributed by atoms with Gasteiger partial charge in [-0.25, -0.2) is 0 Å². The number of anilines is 1. The molecule has 0 spiro atoms. The van der Waals surface area contributed by atoms with Crippen LogP contribution in [0.4, 0.5) is 5.69 Å². The Morgan fingerprint density at radius 1 is 1.30 bits per heavy atom. The molecule has 1 aromatic carbocycles. The Kier molecular flexibility index (Phi) is 2.97. The summed E-state index contributed by atoms with van der Waals surface area (Å²) in [6, 6.07) is 5.21. The smallest absolute Gasteiger partial charge is 0.299 e. The van der Waals surface area contributed by atoms with E-state index in [4.69, 9.17) is 4.52 Å². The van der Waals surface area contributed by atoms with E-state index in [1.807, 2.05) is 13.0 Å². The van der Waals surface area contributed by atoms with Gasteiger partial charge in [0.1, 0.15) is 5.76 Å². The van der Waals surface area contributed by atoms with Gasteiger partial charge in [-0.3, -0.25) is 14.5 Å². The first-order valence-electron chi connectivity index (χ1n) is 6.07. The maximum atomic E-state index is 12.2. The minimum atomic E-state index is -0.521. The minimum Gasteiger partial charge on any atom is -0.361 e. The van der Waals surface area contributed by atoms with Crippen LogP contribution in [0, 0.1) is 13.8 Å². The lowest BCUT2D eigenvalue weighted by atomic mass is 10.1. The second-order valence-electron chi connectivity index (χ2n) is 4.66. The molecule has 0 radical (unpaired) electrons. The summed E-state index contributed by atoms with van der Waals surface area (Å²) in [5.41, 5.74) is 2.59. The SMILES string of the molecule is Cc1noc(C)c1CN1C(=O)C(=O)c2cccc(Br)c21. The van der Waals surface area contributed by atoms with Crippen LogP contribution in [0.2, 0.25) is 0 Å². The molecule has 1 aliphatic rings. The molecule has 0 aliphatic carbocycles. The fraction of sp³-hybridized carbons (Fsp3) is 0.214. The van der Waals surface area contributed by atoms with Gasteiger partial charge >= 0.3 is 0 Å². The van der Waals surface area contributed by atoms with Gasteiger partial charge in [-0.15, -0.1) is 0 Å². The Hall–Kier alpha value is -1.95. The topological polar surface area (TPSA) is 63.4 Å². The summed E-state index contributed by atoms with van der Waals surface area (Å²) in [5, 5.41) is 3.87. The van der Waals surface area contributed by atoms with E-state index < -0.39 is 11.7 Å². The van der Waals surface area contributed by atoms with Crippen LogP contribution in [-0.2, 0) is 11.3 Å². The van der Waals surface area contributed by atoms with Gasteiger partial charge in [-0.05, 0) is 41.9 Å². The Balaban J connectivity index is 2.08. The molecule has 20 heavy (non-hydrogen) atoms. The number of aryl methyl sites for hydroxylation is 2. The molecule has 1 amide bonds. The number of aromatic nitrogens is 1. The van der Waals surface area contributed by atoms with E-state index in [1.165, 1.54) is 4.90 Å². The summed E-state index contributed by atoms with van der Waals surface area (Å²) in [6.45, 7) is 3.88. The molecule has 2 aromatic rings. The van der Waals surface area contributed by atoms with Crippen molar-refractivity contribution in [3.63, 3.8) is 0 Å². The molecule has 5 nitrogen and oxygen atoms in total. The monoisotopic (exact) mass is 334 g/mol. The van der Waals surface area contributed by atoms with Crippen LogP contribution in [-0.4, -0.2) is 16.8 Å². The quantitative estimate of drug-likeness (QED) is 0.792. The number of amides is 1. The van der Waals surface area contributed by atoms with Crippen molar-refractivity contribution in [3.05, 3.63) is 45.3 Å². The Labute approximate surface area is 123 Å². The number of benzene rings is 1. The number of nitrogens with zero attached hydrogens (tertiary/aromatic N) is 2. The zero-order chi connectivity index (χ0) is 14.4. The lowest BCUT2D eigenvalue weighted by Gasteiger charge is -2.17. The number of carbonyl (C=O) groups excluding carboxylic acids is 2. The van der Waals surface area contributed by atoms with Crippen molar-refractivity contribution in [2.45, 2.75) is 20.4 Å². The minimum absolute atomic E-state index is 0.279. The number of ketones is 1. The first-order chi connectivity index (χ1) is 9.50. The molecule has 0 N–H and O–H groups in total. The van der Waals surface area contributed by atoms with Crippen molar-refractivity contribution in [3.8, 4) is 0 Å². The van der Waals surface area contributed by atoms with E-state index in [9.17, 15) is 9.59 Å². The molecule has 0 saturated heterocycles. The average molecular weight is 335 g/mol. The van der Waals surface area contributed by atoms with Gasteiger partial charge in [-0.1, -0.05) is 11.2 Å². The van der Waals surface area contributed by atoms with E-state index >= 15 is 0 Å². The number of para-hydroxylation sites is 1. The van der Waals surface area contributed by atoms with Gasteiger partial charge in [-0.2, -0.15) is 0 Å². The van der Waals surface area contributed by atoms with Crippen molar-refractivity contribution < 1.29 is 14.1 Å². The molecule has 1 aromatic heterocycles. The second kappa shape index (κ2) is 4.56. The number of hydrogen-bond donors (Lipinski definition) is 0. The van der Waals surface area contributed by atoms with Gasteiger partial charge < -0.3 is 4.52 Å². The van der Waals surface area contributed by atoms with Crippen LogP contribution in [0.15, 0.2) is 27.2 Å². The summed E-state index contributed by atoms with van der Waals surface area (Å²) in [7, 11) is 0. The third kappa shape index (κ3) is 1.79. The van der Waals surface area contributed by atoms with Crippen molar-refractivity contribution in [2.75, 3.05) is 4.90 Å². The summed E-state index contributed by atoms with van der Waals surface area (Å²) in [4.78, 5) is 25.6. The van der Waals surface area contributed by atoms with Crippen LogP contribution in [0.5, 0.6) is 0 Å². The maximum absolute atomic E-state index is 12.2. The molecule has 0 saturated carbocycles. The second-order valence-corrected chi connectivity index (χ2v) is 5.51. The Morgan fingerprint density at radius 3 is 2.70 bits per heavy atom. The molecule has 0 fully saturated rings. The summed E-state index contributed by atoms with van der Waals surface area (Å²) in [6.07, 6.45) is 0. The lowest BCUT2D eigenvalue weighted by Crippen LogP contribution is -2.29. The van der Waals surface area contributed by atoms with Crippen molar-refractivity contribution >= 4 is 33.3 Å². The van der Waals surface area contributed by atoms with E-state index in [0.717, 1.165) is 15.7 Å². The number of fused-ring (bicyclic) bond motifs is 1. The fourth-order valence-corrected chi connectivity index (χ4v) is 2.93. The molecule has 2 heterocycles. The molecule has 0 atom stereocenters. The predicted octanol–water partition coefficient (Wildman–Crippen LogP) is 2.78. The third-order valence-corrected chi connectivity index (χ3v) is 4.08. The summed E-state index contributed by atoms with van der Waals surface area (Å²) < 4.78 is 5.82. The van der Waals surface area contributed by atoms with Gasteiger partial charge in [0.2, 0.25) is 0 Å². The normalized spacial score (nSPS) is 14.1. The van der Waals surface area contributed by atoms with Crippen LogP contribution in [0.25, 0.3) is 0 Å². The van der Waals surface area contributed by atoms with E-state index in [1.54, 1.807) is 19.1 Å². The zero-order valence-electron chi connectivity index (χ0n) is 10.9. The van der Waals surface area contributed by atoms with Crippen molar-refractivity contribution in [1.29, 1.82) is 0 Å². The highest BCUT2D eigenvalue weighted by atomic mass is 79.9. The van der Waals surface area contributed by atoms with Gasteiger partial charge in [0.25, 0.3) is 11.7 Å².